The molecule has 12 heavy (non-hydrogen) atoms. The second kappa shape index (κ2) is 3.58. The fourth-order valence-corrected chi connectivity index (χ4v) is 1.19. The molecule has 4 heteroatoms. The SMILES string of the molecule is Cc1ccc(Br)cc1N=C(N)N. The zero-order chi connectivity index (χ0) is 9.14. The number of hydrogen-bond donors (Lipinski definition) is 2. The molecular formula is C8H10BrN3. The average molecular weight is 228 g/mol. The Morgan fingerprint density at radius 2 is 2.08 bits per heavy atom. The summed E-state index contributed by atoms with van der Waals surface area (Å²) >= 11 is 3.34. The Hall–Kier alpha value is -1.03. The van der Waals surface area contributed by atoms with Gasteiger partial charge in [-0.2, -0.15) is 0 Å². The molecule has 0 heterocycles. The first kappa shape index (κ1) is 9.06. The van der Waals surface area contributed by atoms with E-state index >= 15 is 0 Å². The van der Waals surface area contributed by atoms with E-state index in [1.165, 1.54) is 0 Å². The van der Waals surface area contributed by atoms with Gasteiger partial charge in [0.1, 0.15) is 0 Å². The van der Waals surface area contributed by atoms with E-state index in [1.54, 1.807) is 0 Å². The molecule has 0 fully saturated rings. The van der Waals surface area contributed by atoms with Crippen LogP contribution >= 0.6 is 15.9 Å². The molecule has 0 radical (unpaired) electrons. The van der Waals surface area contributed by atoms with E-state index in [9.17, 15) is 0 Å². The molecule has 4 N–H and O–H groups in total. The molecule has 1 rings (SSSR count). The minimum atomic E-state index is 0.0798. The predicted octanol–water partition coefficient (Wildman–Crippen LogP) is 1.66. The van der Waals surface area contributed by atoms with E-state index < -0.39 is 0 Å². The molecule has 1 aromatic carbocycles. The molecule has 64 valence electrons. The van der Waals surface area contributed by atoms with Crippen molar-refractivity contribution in [3.63, 3.8) is 0 Å². The lowest BCUT2D eigenvalue weighted by atomic mass is 10.2. The van der Waals surface area contributed by atoms with Crippen molar-refractivity contribution >= 4 is 27.6 Å². The summed E-state index contributed by atoms with van der Waals surface area (Å²) in [6.07, 6.45) is 0. The molecule has 0 saturated carbocycles. The van der Waals surface area contributed by atoms with Crippen LogP contribution < -0.4 is 11.5 Å². The van der Waals surface area contributed by atoms with Gasteiger partial charge in [-0.15, -0.1) is 0 Å². The number of nitrogens with two attached hydrogens (primary N) is 2. The molecule has 0 atom stereocenters. The van der Waals surface area contributed by atoms with Gasteiger partial charge in [0.15, 0.2) is 5.96 Å². The Kier molecular flexibility index (Phi) is 2.70. The van der Waals surface area contributed by atoms with Crippen LogP contribution in [0.15, 0.2) is 27.7 Å². The van der Waals surface area contributed by atoms with Gasteiger partial charge in [-0.25, -0.2) is 4.99 Å². The first-order chi connectivity index (χ1) is 5.59. The van der Waals surface area contributed by atoms with Crippen molar-refractivity contribution in [3.05, 3.63) is 28.2 Å². The zero-order valence-electron chi connectivity index (χ0n) is 6.71. The van der Waals surface area contributed by atoms with Gasteiger partial charge < -0.3 is 11.5 Å². The number of guanidine groups is 1. The number of aryl methyl sites for hydroxylation is 1. The Bertz CT molecular complexity index is 316. The lowest BCUT2D eigenvalue weighted by Gasteiger charge is -2.00. The van der Waals surface area contributed by atoms with Crippen LogP contribution in [-0.2, 0) is 0 Å². The lowest BCUT2D eigenvalue weighted by molar-refractivity contribution is 1.35. The summed E-state index contributed by atoms with van der Waals surface area (Å²) in [6, 6.07) is 5.77. The Morgan fingerprint density at radius 1 is 1.42 bits per heavy atom. The Balaban J connectivity index is 3.14. The van der Waals surface area contributed by atoms with Gasteiger partial charge in [0.05, 0.1) is 5.69 Å². The second-order valence-corrected chi connectivity index (χ2v) is 3.38. The third kappa shape index (κ3) is 2.23. The quantitative estimate of drug-likeness (QED) is 0.567. The monoisotopic (exact) mass is 227 g/mol. The molecular weight excluding hydrogens is 218 g/mol. The van der Waals surface area contributed by atoms with E-state index in [0.29, 0.717) is 0 Å². The van der Waals surface area contributed by atoms with E-state index in [0.717, 1.165) is 15.7 Å². The fourth-order valence-electron chi connectivity index (χ4n) is 0.842. The molecule has 0 saturated heterocycles. The van der Waals surface area contributed by atoms with E-state index in [4.69, 9.17) is 11.5 Å². The summed E-state index contributed by atoms with van der Waals surface area (Å²) in [7, 11) is 0. The van der Waals surface area contributed by atoms with Gasteiger partial charge in [0.25, 0.3) is 0 Å². The summed E-state index contributed by atoms with van der Waals surface area (Å²) in [5, 5.41) is 0. The minimum Gasteiger partial charge on any atom is -0.370 e. The van der Waals surface area contributed by atoms with E-state index in [-0.39, 0.29) is 5.96 Å². The van der Waals surface area contributed by atoms with E-state index in [2.05, 4.69) is 20.9 Å². The molecule has 3 nitrogen and oxygen atoms in total. The maximum Gasteiger partial charge on any atom is 0.191 e. The number of hydrogen-bond acceptors (Lipinski definition) is 1. The smallest absolute Gasteiger partial charge is 0.191 e. The zero-order valence-corrected chi connectivity index (χ0v) is 8.30. The van der Waals surface area contributed by atoms with Crippen molar-refractivity contribution in [3.8, 4) is 0 Å². The first-order valence-corrected chi connectivity index (χ1v) is 4.24. The average Bonchev–Trinajstić information content (AvgIpc) is 1.96. The van der Waals surface area contributed by atoms with Crippen molar-refractivity contribution in [2.24, 2.45) is 16.5 Å². The van der Waals surface area contributed by atoms with Gasteiger partial charge in [-0.1, -0.05) is 22.0 Å². The highest BCUT2D eigenvalue weighted by Crippen LogP contribution is 2.22. The van der Waals surface area contributed by atoms with Crippen molar-refractivity contribution in [2.45, 2.75) is 6.92 Å². The summed E-state index contributed by atoms with van der Waals surface area (Å²) < 4.78 is 0.966. The molecule has 1 aromatic rings. The highest BCUT2D eigenvalue weighted by Gasteiger charge is 1.96. The Labute approximate surface area is 79.6 Å². The topological polar surface area (TPSA) is 64.4 Å². The number of aliphatic imine (C=N–C) groups is 1. The lowest BCUT2D eigenvalue weighted by Crippen LogP contribution is -2.21. The maximum absolute atomic E-state index is 5.26. The summed E-state index contributed by atoms with van der Waals surface area (Å²) in [5.41, 5.74) is 12.4. The predicted molar refractivity (Wildman–Crippen MR) is 54.3 cm³/mol. The normalized spacial score (nSPS) is 9.50. The molecule has 0 bridgehead atoms. The van der Waals surface area contributed by atoms with Gasteiger partial charge in [0, 0.05) is 4.47 Å². The van der Waals surface area contributed by atoms with Gasteiger partial charge >= 0.3 is 0 Å². The van der Waals surface area contributed by atoms with Crippen molar-refractivity contribution in [1.82, 2.24) is 0 Å². The molecule has 0 spiro atoms. The second-order valence-electron chi connectivity index (χ2n) is 2.47. The molecule has 0 aromatic heterocycles. The summed E-state index contributed by atoms with van der Waals surface area (Å²) in [5.74, 6) is 0.0798. The van der Waals surface area contributed by atoms with Crippen LogP contribution in [0.5, 0.6) is 0 Å². The van der Waals surface area contributed by atoms with Gasteiger partial charge in [-0.3, -0.25) is 0 Å². The van der Waals surface area contributed by atoms with Crippen LogP contribution in [0.1, 0.15) is 5.56 Å². The van der Waals surface area contributed by atoms with Crippen LogP contribution in [0.25, 0.3) is 0 Å². The molecule has 0 aliphatic carbocycles. The molecule has 0 amide bonds. The van der Waals surface area contributed by atoms with Crippen LogP contribution in [0, 0.1) is 6.92 Å². The van der Waals surface area contributed by atoms with Gasteiger partial charge in [0.2, 0.25) is 0 Å². The molecule has 0 unspecified atom stereocenters. The Morgan fingerprint density at radius 3 is 2.67 bits per heavy atom. The van der Waals surface area contributed by atoms with Crippen molar-refractivity contribution < 1.29 is 0 Å². The maximum atomic E-state index is 5.26. The van der Waals surface area contributed by atoms with Crippen LogP contribution in [0.3, 0.4) is 0 Å². The van der Waals surface area contributed by atoms with E-state index in [1.807, 2.05) is 25.1 Å². The molecule has 0 aliphatic rings. The number of rotatable bonds is 1. The number of benzene rings is 1. The third-order valence-electron chi connectivity index (χ3n) is 1.42. The first-order valence-electron chi connectivity index (χ1n) is 3.45. The van der Waals surface area contributed by atoms with Gasteiger partial charge in [-0.05, 0) is 24.6 Å². The largest absolute Gasteiger partial charge is 0.370 e. The number of halogens is 1. The summed E-state index contributed by atoms with van der Waals surface area (Å²) in [4.78, 5) is 3.96. The van der Waals surface area contributed by atoms with Crippen LogP contribution in [0.2, 0.25) is 0 Å². The highest BCUT2D eigenvalue weighted by molar-refractivity contribution is 9.10. The third-order valence-corrected chi connectivity index (χ3v) is 1.91. The number of nitrogens with zero attached hydrogens (tertiary/aromatic N) is 1. The fraction of sp³-hybridized carbons (Fsp3) is 0.125. The minimum absolute atomic E-state index is 0.0798. The van der Waals surface area contributed by atoms with Crippen LogP contribution in [-0.4, -0.2) is 5.96 Å². The molecule has 0 aliphatic heterocycles. The van der Waals surface area contributed by atoms with Crippen LogP contribution in [0.4, 0.5) is 5.69 Å². The summed E-state index contributed by atoms with van der Waals surface area (Å²) in [6.45, 7) is 1.95. The highest BCUT2D eigenvalue weighted by atomic mass is 79.9. The van der Waals surface area contributed by atoms with Crippen molar-refractivity contribution in [1.29, 1.82) is 0 Å². The van der Waals surface area contributed by atoms with Crippen molar-refractivity contribution in [2.75, 3.05) is 0 Å². The standard InChI is InChI=1S/C8H10BrN3/c1-5-2-3-6(9)4-7(5)12-8(10)11/h2-4H,1H3,(H4,10,11,12).